The number of furan rings is 1. The van der Waals surface area contributed by atoms with Gasteiger partial charge in [0.2, 0.25) is 0 Å². The van der Waals surface area contributed by atoms with Gasteiger partial charge in [-0.3, -0.25) is 9.59 Å². The quantitative estimate of drug-likeness (QED) is 0.167. The summed E-state index contributed by atoms with van der Waals surface area (Å²) in [5.74, 6) is -0.366. The van der Waals surface area contributed by atoms with Gasteiger partial charge in [0.25, 0.3) is 0 Å². The van der Waals surface area contributed by atoms with Crippen molar-refractivity contribution in [1.82, 2.24) is 0 Å². The fourth-order valence-electron chi connectivity index (χ4n) is 4.26. The molecule has 1 heterocycles. The molecule has 0 saturated carbocycles. The molecule has 0 bridgehead atoms. The Labute approximate surface area is 218 Å². The normalized spacial score (nSPS) is 11.5. The number of Topliss-reactive ketones (excluding diaryl/α,β-unsaturated/α-hetero) is 1. The third-order valence-corrected chi connectivity index (χ3v) is 6.19. The van der Waals surface area contributed by atoms with Crippen molar-refractivity contribution in [3.05, 3.63) is 88.7 Å². The van der Waals surface area contributed by atoms with Crippen molar-refractivity contribution in [2.75, 3.05) is 6.61 Å². The summed E-state index contributed by atoms with van der Waals surface area (Å²) in [6.07, 6.45) is -3.18. The minimum absolute atomic E-state index is 0.0697. The topological polar surface area (TPSA) is 65.7 Å². The van der Waals surface area contributed by atoms with Crippen molar-refractivity contribution in [2.24, 2.45) is 0 Å². The van der Waals surface area contributed by atoms with Gasteiger partial charge in [0.1, 0.15) is 29.8 Å². The Morgan fingerprint density at radius 1 is 0.974 bits per heavy atom. The van der Waals surface area contributed by atoms with Gasteiger partial charge in [0, 0.05) is 22.1 Å². The van der Waals surface area contributed by atoms with Crippen LogP contribution in [-0.2, 0) is 35.2 Å². The van der Waals surface area contributed by atoms with Crippen LogP contribution in [0, 0.1) is 0 Å². The fraction of sp³-hybridized carbons (Fsp3) is 0.267. The van der Waals surface area contributed by atoms with Gasteiger partial charge in [-0.2, -0.15) is 13.2 Å². The summed E-state index contributed by atoms with van der Waals surface area (Å²) >= 11 is 0. The van der Waals surface area contributed by atoms with Gasteiger partial charge >= 0.3 is 12.1 Å². The number of halogens is 3. The van der Waals surface area contributed by atoms with Crippen molar-refractivity contribution in [1.29, 1.82) is 0 Å². The lowest BCUT2D eigenvalue weighted by Gasteiger charge is -2.14. The van der Waals surface area contributed by atoms with Crippen LogP contribution in [0.2, 0.25) is 0 Å². The molecule has 0 fully saturated rings. The molecule has 0 atom stereocenters. The highest BCUT2D eigenvalue weighted by Crippen LogP contribution is 2.40. The van der Waals surface area contributed by atoms with Crippen molar-refractivity contribution < 1.29 is 36.7 Å². The Morgan fingerprint density at radius 3 is 2.45 bits per heavy atom. The molecular weight excluding hydrogens is 497 g/mol. The summed E-state index contributed by atoms with van der Waals surface area (Å²) in [6.45, 7) is 5.22. The number of hydrogen-bond donors (Lipinski definition) is 0. The monoisotopic (exact) mass is 524 g/mol. The Hall–Kier alpha value is -4.07. The number of aryl methyl sites for hydroxylation is 1. The van der Waals surface area contributed by atoms with Crippen LogP contribution in [-0.4, -0.2) is 18.4 Å². The second-order valence-corrected chi connectivity index (χ2v) is 8.87. The number of fused-ring (bicyclic) bond motifs is 1. The van der Waals surface area contributed by atoms with E-state index in [1.165, 1.54) is 19.1 Å². The lowest BCUT2D eigenvalue weighted by Crippen LogP contribution is -2.10. The zero-order chi connectivity index (χ0) is 27.4. The van der Waals surface area contributed by atoms with Crippen LogP contribution in [0.1, 0.15) is 53.4 Å². The first-order chi connectivity index (χ1) is 18.1. The number of carbonyl (C=O) groups is 2. The third-order valence-electron chi connectivity index (χ3n) is 6.19. The van der Waals surface area contributed by atoms with E-state index in [9.17, 15) is 22.8 Å². The predicted molar refractivity (Wildman–Crippen MR) is 137 cm³/mol. The SMILES string of the molecule is CCOC(=O)Cc1ccc(C(C)=O)cc1OCc1cc(-c2cccc(CC)c2)c2occ(C(F)(F)F)c2c1. The van der Waals surface area contributed by atoms with E-state index >= 15 is 0 Å². The average molecular weight is 525 g/mol. The molecule has 0 aliphatic rings. The Bertz CT molecular complexity index is 1480. The van der Waals surface area contributed by atoms with Crippen molar-refractivity contribution in [3.8, 4) is 16.9 Å². The van der Waals surface area contributed by atoms with Gasteiger partial charge < -0.3 is 13.9 Å². The van der Waals surface area contributed by atoms with Crippen molar-refractivity contribution in [2.45, 2.75) is 46.4 Å². The van der Waals surface area contributed by atoms with Crippen LogP contribution in [0.15, 0.2) is 65.3 Å². The zero-order valence-electron chi connectivity index (χ0n) is 21.3. The van der Waals surface area contributed by atoms with Gasteiger partial charge in [-0.15, -0.1) is 0 Å². The van der Waals surface area contributed by atoms with Gasteiger partial charge in [0.05, 0.1) is 13.0 Å². The second kappa shape index (κ2) is 11.1. The number of ketones is 1. The molecule has 0 saturated heterocycles. The number of ether oxygens (including phenoxy) is 2. The van der Waals surface area contributed by atoms with Crippen LogP contribution in [0.3, 0.4) is 0 Å². The highest BCUT2D eigenvalue weighted by Gasteiger charge is 2.35. The largest absolute Gasteiger partial charge is 0.489 e. The lowest BCUT2D eigenvalue weighted by molar-refractivity contribution is -0.142. The molecule has 3 aromatic carbocycles. The molecule has 5 nitrogen and oxygen atoms in total. The van der Waals surface area contributed by atoms with Crippen molar-refractivity contribution >= 4 is 22.7 Å². The summed E-state index contributed by atoms with van der Waals surface area (Å²) < 4.78 is 57.8. The molecule has 0 aliphatic heterocycles. The molecule has 0 radical (unpaired) electrons. The van der Waals surface area contributed by atoms with E-state index in [0.29, 0.717) is 22.3 Å². The Morgan fingerprint density at radius 2 is 1.76 bits per heavy atom. The van der Waals surface area contributed by atoms with E-state index in [-0.39, 0.29) is 42.1 Å². The van der Waals surface area contributed by atoms with Crippen LogP contribution in [0.5, 0.6) is 5.75 Å². The highest BCUT2D eigenvalue weighted by molar-refractivity contribution is 5.96. The minimum atomic E-state index is -4.60. The number of esters is 1. The third kappa shape index (κ3) is 5.90. The molecule has 4 aromatic rings. The molecule has 198 valence electrons. The minimum Gasteiger partial charge on any atom is -0.489 e. The van der Waals surface area contributed by atoms with Gasteiger partial charge in [-0.05, 0) is 55.2 Å². The lowest BCUT2D eigenvalue weighted by atomic mass is 9.97. The number of carbonyl (C=O) groups excluding carboxylic acids is 2. The van der Waals surface area contributed by atoms with Crippen molar-refractivity contribution in [3.63, 3.8) is 0 Å². The summed E-state index contributed by atoms with van der Waals surface area (Å²) in [7, 11) is 0. The van der Waals surface area contributed by atoms with Crippen LogP contribution >= 0.6 is 0 Å². The van der Waals surface area contributed by atoms with E-state index in [2.05, 4.69) is 0 Å². The molecule has 0 amide bonds. The maximum atomic E-state index is 13.8. The average Bonchev–Trinajstić information content (AvgIpc) is 3.32. The summed E-state index contributed by atoms with van der Waals surface area (Å²) in [5, 5.41) is -0.0697. The second-order valence-electron chi connectivity index (χ2n) is 8.87. The molecule has 0 aliphatic carbocycles. The Kier molecular flexibility index (Phi) is 7.90. The smallest absolute Gasteiger partial charge is 0.420 e. The number of alkyl halides is 3. The summed E-state index contributed by atoms with van der Waals surface area (Å²) in [5.41, 5.74) is 2.89. The fourth-order valence-corrected chi connectivity index (χ4v) is 4.26. The summed E-state index contributed by atoms with van der Waals surface area (Å²) in [4.78, 5) is 24.0. The number of benzene rings is 3. The molecule has 8 heteroatoms. The number of rotatable bonds is 9. The molecule has 0 spiro atoms. The molecule has 1 aromatic heterocycles. The first-order valence-electron chi connectivity index (χ1n) is 12.2. The predicted octanol–water partition coefficient (Wildman–Crippen LogP) is 7.57. The first kappa shape index (κ1) is 27.0. The maximum absolute atomic E-state index is 13.8. The van der Waals surface area contributed by atoms with E-state index in [0.717, 1.165) is 23.8 Å². The first-order valence-corrected chi connectivity index (χ1v) is 12.2. The Balaban J connectivity index is 1.77. The summed E-state index contributed by atoms with van der Waals surface area (Å²) in [6, 6.07) is 15.4. The molecule has 0 unspecified atom stereocenters. The number of hydrogen-bond acceptors (Lipinski definition) is 5. The standard InChI is InChI=1S/C30H27F3O5/c1-4-19-7-6-8-22(11-19)24-12-20(13-25-26(30(31,32)33)17-38-29(24)25)16-37-27-14-21(18(3)34)9-10-23(27)15-28(35)36-5-2/h6-14,17H,4-5,15-16H2,1-3H3. The van der Waals surface area contributed by atoms with E-state index in [1.807, 2.05) is 31.2 Å². The van der Waals surface area contributed by atoms with Crippen LogP contribution in [0.25, 0.3) is 22.1 Å². The van der Waals surface area contributed by atoms with Crippen LogP contribution in [0.4, 0.5) is 13.2 Å². The molecule has 4 rings (SSSR count). The van der Waals surface area contributed by atoms with Crippen LogP contribution < -0.4 is 4.74 Å². The molecule has 38 heavy (non-hydrogen) atoms. The van der Waals surface area contributed by atoms with E-state index in [4.69, 9.17) is 13.9 Å². The zero-order valence-corrected chi connectivity index (χ0v) is 21.3. The molecular formula is C30H27F3O5. The van der Waals surface area contributed by atoms with Gasteiger partial charge in [0.15, 0.2) is 5.78 Å². The highest BCUT2D eigenvalue weighted by atomic mass is 19.4. The van der Waals surface area contributed by atoms with E-state index in [1.54, 1.807) is 25.1 Å². The molecule has 0 N–H and O–H groups in total. The van der Waals surface area contributed by atoms with Gasteiger partial charge in [-0.1, -0.05) is 43.3 Å². The maximum Gasteiger partial charge on any atom is 0.420 e. The van der Waals surface area contributed by atoms with Gasteiger partial charge in [-0.25, -0.2) is 0 Å². The van der Waals surface area contributed by atoms with E-state index < -0.39 is 17.7 Å².